The summed E-state index contributed by atoms with van der Waals surface area (Å²) in [5.74, 6) is 0.523. The number of hydrogen-bond acceptors (Lipinski definition) is 3. The fraction of sp³-hybridized carbons (Fsp3) is 0.600. The Morgan fingerprint density at radius 3 is 2.84 bits per heavy atom. The highest BCUT2D eigenvalue weighted by Crippen LogP contribution is 2.34. The molecule has 0 aromatic carbocycles. The molecule has 102 valence electrons. The molecule has 1 N–H and O–H groups in total. The number of fused-ring (bicyclic) bond motifs is 2. The molecule has 4 nitrogen and oxygen atoms in total. The summed E-state index contributed by atoms with van der Waals surface area (Å²) in [5, 5.41) is 3.53. The lowest BCUT2D eigenvalue weighted by Gasteiger charge is -2.25. The van der Waals surface area contributed by atoms with Crippen LogP contribution in [0.3, 0.4) is 0 Å². The molecule has 2 fully saturated rings. The first kappa shape index (κ1) is 12.6. The lowest BCUT2D eigenvalue weighted by atomic mass is 9.88. The van der Waals surface area contributed by atoms with Gasteiger partial charge in [-0.25, -0.2) is 0 Å². The van der Waals surface area contributed by atoms with Gasteiger partial charge in [-0.1, -0.05) is 0 Å². The first-order chi connectivity index (χ1) is 9.24. The Labute approximate surface area is 114 Å². The van der Waals surface area contributed by atoms with Crippen molar-refractivity contribution in [2.24, 2.45) is 5.92 Å². The second-order valence-corrected chi connectivity index (χ2v) is 5.75. The van der Waals surface area contributed by atoms with Crippen LogP contribution in [0.2, 0.25) is 0 Å². The van der Waals surface area contributed by atoms with E-state index in [1.807, 2.05) is 24.1 Å². The van der Waals surface area contributed by atoms with Crippen LogP contribution in [0.4, 0.5) is 0 Å². The van der Waals surface area contributed by atoms with Gasteiger partial charge < -0.3 is 10.2 Å². The highest BCUT2D eigenvalue weighted by Gasteiger charge is 2.43. The molecule has 0 aliphatic carbocycles. The summed E-state index contributed by atoms with van der Waals surface area (Å²) in [4.78, 5) is 18.3. The molecule has 3 rings (SSSR count). The third kappa shape index (κ3) is 2.63. The predicted octanol–water partition coefficient (Wildman–Crippen LogP) is 1.22. The van der Waals surface area contributed by atoms with Gasteiger partial charge in [0.25, 0.3) is 0 Å². The van der Waals surface area contributed by atoms with E-state index in [9.17, 15) is 4.79 Å². The Hall–Kier alpha value is -1.42. The summed E-state index contributed by atoms with van der Waals surface area (Å²) in [6, 6.07) is 5.04. The van der Waals surface area contributed by atoms with Crippen LogP contribution in [0.25, 0.3) is 0 Å². The Bertz CT molecular complexity index is 448. The van der Waals surface area contributed by atoms with Gasteiger partial charge in [0.2, 0.25) is 5.91 Å². The molecule has 3 atom stereocenters. The van der Waals surface area contributed by atoms with Crippen LogP contribution < -0.4 is 5.32 Å². The average Bonchev–Trinajstić information content (AvgIpc) is 3.07. The second kappa shape index (κ2) is 5.29. The normalized spacial score (nSPS) is 28.6. The largest absolute Gasteiger partial charge is 0.345 e. The molecule has 2 aliphatic heterocycles. The minimum atomic E-state index is 0.209. The van der Waals surface area contributed by atoms with Gasteiger partial charge in [-0.15, -0.1) is 0 Å². The summed E-state index contributed by atoms with van der Waals surface area (Å²) in [6.45, 7) is 0.788. The number of rotatable bonds is 4. The van der Waals surface area contributed by atoms with Crippen LogP contribution in [0, 0.1) is 5.92 Å². The highest BCUT2D eigenvalue weighted by molar-refractivity contribution is 5.80. The Morgan fingerprint density at radius 1 is 1.42 bits per heavy atom. The molecule has 4 heteroatoms. The number of nitrogens with one attached hydrogen (secondary N) is 1. The third-order valence-electron chi connectivity index (χ3n) is 4.48. The van der Waals surface area contributed by atoms with Crippen LogP contribution >= 0.6 is 0 Å². The number of hydrogen-bond donors (Lipinski definition) is 1. The van der Waals surface area contributed by atoms with Gasteiger partial charge in [-0.05, 0) is 43.4 Å². The van der Waals surface area contributed by atoms with E-state index < -0.39 is 0 Å². The van der Waals surface area contributed by atoms with Gasteiger partial charge in [0, 0.05) is 38.1 Å². The molecule has 1 aromatic heterocycles. The second-order valence-electron chi connectivity index (χ2n) is 5.75. The maximum Gasteiger partial charge on any atom is 0.227 e. The van der Waals surface area contributed by atoms with Crippen molar-refractivity contribution >= 4 is 5.91 Å². The molecule has 1 amide bonds. The Kier molecular flexibility index (Phi) is 3.51. The topological polar surface area (TPSA) is 45.2 Å². The van der Waals surface area contributed by atoms with Gasteiger partial charge in [0.1, 0.15) is 0 Å². The third-order valence-corrected chi connectivity index (χ3v) is 4.48. The number of carbonyl (C=O) groups is 1. The molecule has 3 heterocycles. The standard InChI is InChI=1S/C15H21N3O/c1-18(9-6-11-4-7-16-8-5-11)15(19)13-10-12-2-3-14(13)17-12/h4-5,7-8,12-14,17H,2-3,6,9-10H2,1H3. The number of aromatic nitrogens is 1. The lowest BCUT2D eigenvalue weighted by Crippen LogP contribution is -2.39. The maximum atomic E-state index is 12.4. The monoisotopic (exact) mass is 259 g/mol. The molecule has 19 heavy (non-hydrogen) atoms. The molecule has 2 saturated heterocycles. The minimum absolute atomic E-state index is 0.209. The zero-order valence-corrected chi connectivity index (χ0v) is 11.4. The number of pyridine rings is 1. The first-order valence-electron chi connectivity index (χ1n) is 7.14. The zero-order chi connectivity index (χ0) is 13.2. The Morgan fingerprint density at radius 2 is 2.21 bits per heavy atom. The number of amides is 1. The van der Waals surface area contributed by atoms with Gasteiger partial charge in [0.15, 0.2) is 0 Å². The summed E-state index contributed by atoms with van der Waals surface area (Å²) < 4.78 is 0. The summed E-state index contributed by atoms with van der Waals surface area (Å²) in [7, 11) is 1.93. The summed E-state index contributed by atoms with van der Waals surface area (Å²) >= 11 is 0. The molecule has 3 unspecified atom stereocenters. The van der Waals surface area contributed by atoms with Gasteiger partial charge in [0.05, 0.1) is 5.92 Å². The van der Waals surface area contributed by atoms with Crippen molar-refractivity contribution in [3.63, 3.8) is 0 Å². The average molecular weight is 259 g/mol. The van der Waals surface area contributed by atoms with E-state index in [0.717, 1.165) is 19.4 Å². The van der Waals surface area contributed by atoms with Crippen molar-refractivity contribution < 1.29 is 4.79 Å². The molecule has 1 aromatic rings. The van der Waals surface area contributed by atoms with E-state index >= 15 is 0 Å². The van der Waals surface area contributed by atoms with E-state index in [-0.39, 0.29) is 5.92 Å². The molecule has 2 aliphatic rings. The van der Waals surface area contributed by atoms with Crippen molar-refractivity contribution in [3.8, 4) is 0 Å². The molecular formula is C15H21N3O. The van der Waals surface area contributed by atoms with Crippen LogP contribution in [-0.4, -0.2) is 41.5 Å². The van der Waals surface area contributed by atoms with Gasteiger partial charge in [-0.3, -0.25) is 9.78 Å². The van der Waals surface area contributed by atoms with Crippen LogP contribution in [0.1, 0.15) is 24.8 Å². The van der Waals surface area contributed by atoms with E-state index in [2.05, 4.69) is 10.3 Å². The molecule has 2 bridgehead atoms. The van der Waals surface area contributed by atoms with Crippen molar-refractivity contribution in [2.45, 2.75) is 37.8 Å². The van der Waals surface area contributed by atoms with Crippen LogP contribution in [0.15, 0.2) is 24.5 Å². The summed E-state index contributed by atoms with van der Waals surface area (Å²) in [6.07, 6.45) is 7.95. The quantitative estimate of drug-likeness (QED) is 0.884. The van der Waals surface area contributed by atoms with Crippen molar-refractivity contribution in [1.29, 1.82) is 0 Å². The Balaban J connectivity index is 1.53. The fourth-order valence-corrected chi connectivity index (χ4v) is 3.34. The number of carbonyl (C=O) groups excluding carboxylic acids is 1. The van der Waals surface area contributed by atoms with Crippen LogP contribution in [-0.2, 0) is 11.2 Å². The predicted molar refractivity (Wildman–Crippen MR) is 73.6 cm³/mol. The van der Waals surface area contributed by atoms with E-state index in [4.69, 9.17) is 0 Å². The van der Waals surface area contributed by atoms with Crippen molar-refractivity contribution in [1.82, 2.24) is 15.2 Å². The maximum absolute atomic E-state index is 12.4. The van der Waals surface area contributed by atoms with Crippen LogP contribution in [0.5, 0.6) is 0 Å². The molecule has 0 spiro atoms. The van der Waals surface area contributed by atoms with E-state index in [1.54, 1.807) is 12.4 Å². The van der Waals surface area contributed by atoms with E-state index in [1.165, 1.54) is 18.4 Å². The number of nitrogens with zero attached hydrogens (tertiary/aromatic N) is 2. The zero-order valence-electron chi connectivity index (χ0n) is 11.4. The van der Waals surface area contributed by atoms with E-state index in [0.29, 0.717) is 18.0 Å². The van der Waals surface area contributed by atoms with Gasteiger partial charge in [-0.2, -0.15) is 0 Å². The lowest BCUT2D eigenvalue weighted by molar-refractivity contribution is -0.134. The fourth-order valence-electron chi connectivity index (χ4n) is 3.34. The summed E-state index contributed by atoms with van der Waals surface area (Å²) in [5.41, 5.74) is 1.24. The highest BCUT2D eigenvalue weighted by atomic mass is 16.2. The number of likely N-dealkylation sites (N-methyl/N-ethyl adjacent to an activating group) is 1. The smallest absolute Gasteiger partial charge is 0.227 e. The van der Waals surface area contributed by atoms with Crippen molar-refractivity contribution in [3.05, 3.63) is 30.1 Å². The van der Waals surface area contributed by atoms with Gasteiger partial charge >= 0.3 is 0 Å². The molecular weight excluding hydrogens is 238 g/mol. The molecule has 0 saturated carbocycles. The van der Waals surface area contributed by atoms with Crippen molar-refractivity contribution in [2.75, 3.05) is 13.6 Å². The first-order valence-corrected chi connectivity index (χ1v) is 7.14. The molecule has 0 radical (unpaired) electrons. The SMILES string of the molecule is CN(CCc1ccncc1)C(=O)C1CC2CCC1N2. The minimum Gasteiger partial charge on any atom is -0.345 e.